The highest BCUT2D eigenvalue weighted by Crippen LogP contribution is 2.24. The fourth-order valence-corrected chi connectivity index (χ4v) is 2.98. The van der Waals surface area contributed by atoms with E-state index in [0.29, 0.717) is 6.10 Å². The Morgan fingerprint density at radius 2 is 1.94 bits per heavy atom. The lowest BCUT2D eigenvalue weighted by atomic mass is 9.95. The Balaban J connectivity index is 1.74. The molecular formula is C13H20O2S. The average Bonchev–Trinajstić information content (AvgIpc) is 2.76. The van der Waals surface area contributed by atoms with Crippen molar-refractivity contribution >= 4 is 11.3 Å². The molecule has 3 heteroatoms. The van der Waals surface area contributed by atoms with Crippen LogP contribution in [0.15, 0.2) is 12.1 Å². The summed E-state index contributed by atoms with van der Waals surface area (Å²) in [6.07, 6.45) is 5.19. The largest absolute Gasteiger partial charge is 0.393 e. The van der Waals surface area contributed by atoms with Crippen LogP contribution in [0, 0.1) is 0 Å². The molecule has 1 aliphatic rings. The van der Waals surface area contributed by atoms with E-state index in [4.69, 9.17) is 4.74 Å². The van der Waals surface area contributed by atoms with Crippen molar-refractivity contribution in [2.24, 2.45) is 0 Å². The molecule has 2 rings (SSSR count). The van der Waals surface area contributed by atoms with Crippen LogP contribution in [0.5, 0.6) is 0 Å². The molecule has 1 N–H and O–H groups in total. The van der Waals surface area contributed by atoms with Gasteiger partial charge in [-0.1, -0.05) is 6.92 Å². The predicted molar refractivity (Wildman–Crippen MR) is 66.7 cm³/mol. The molecule has 0 radical (unpaired) electrons. The number of hydrogen-bond donors (Lipinski definition) is 1. The van der Waals surface area contributed by atoms with Gasteiger partial charge in [0.1, 0.15) is 0 Å². The smallest absolute Gasteiger partial charge is 0.0813 e. The molecule has 0 saturated heterocycles. The van der Waals surface area contributed by atoms with Gasteiger partial charge in [0.15, 0.2) is 0 Å². The summed E-state index contributed by atoms with van der Waals surface area (Å²) in [7, 11) is 0. The van der Waals surface area contributed by atoms with Gasteiger partial charge in [-0.3, -0.25) is 0 Å². The lowest BCUT2D eigenvalue weighted by Crippen LogP contribution is -2.24. The van der Waals surface area contributed by atoms with E-state index in [9.17, 15) is 5.11 Å². The second kappa shape index (κ2) is 5.80. The Bertz CT molecular complexity index is 313. The molecule has 16 heavy (non-hydrogen) atoms. The number of aliphatic hydroxyl groups excluding tert-OH is 1. The van der Waals surface area contributed by atoms with Crippen LogP contribution in [0.1, 0.15) is 42.4 Å². The number of rotatable bonds is 4. The highest BCUT2D eigenvalue weighted by Gasteiger charge is 2.19. The van der Waals surface area contributed by atoms with E-state index in [-0.39, 0.29) is 6.10 Å². The van der Waals surface area contributed by atoms with Gasteiger partial charge in [-0.25, -0.2) is 0 Å². The summed E-state index contributed by atoms with van der Waals surface area (Å²) in [5, 5.41) is 9.39. The van der Waals surface area contributed by atoms with E-state index in [1.165, 1.54) is 9.75 Å². The van der Waals surface area contributed by atoms with Gasteiger partial charge in [-0.15, -0.1) is 11.3 Å². The first kappa shape index (κ1) is 12.1. The Kier molecular flexibility index (Phi) is 4.38. The number of aryl methyl sites for hydroxylation is 1. The van der Waals surface area contributed by atoms with Crippen molar-refractivity contribution in [1.29, 1.82) is 0 Å². The summed E-state index contributed by atoms with van der Waals surface area (Å²) in [5.74, 6) is 0. The van der Waals surface area contributed by atoms with Crippen LogP contribution < -0.4 is 0 Å². The van der Waals surface area contributed by atoms with Gasteiger partial charge in [0, 0.05) is 9.75 Å². The summed E-state index contributed by atoms with van der Waals surface area (Å²) < 4.78 is 5.87. The lowest BCUT2D eigenvalue weighted by molar-refractivity contribution is -0.0109. The fourth-order valence-electron chi connectivity index (χ4n) is 2.10. The van der Waals surface area contributed by atoms with Gasteiger partial charge in [-0.2, -0.15) is 0 Å². The summed E-state index contributed by atoms with van der Waals surface area (Å²) >= 11 is 1.85. The molecule has 0 aromatic carbocycles. The first-order chi connectivity index (χ1) is 7.78. The topological polar surface area (TPSA) is 29.5 Å². The van der Waals surface area contributed by atoms with Crippen molar-refractivity contribution in [1.82, 2.24) is 0 Å². The van der Waals surface area contributed by atoms with E-state index in [0.717, 1.165) is 38.7 Å². The number of thiophene rings is 1. The second-order valence-electron chi connectivity index (χ2n) is 4.46. The summed E-state index contributed by atoms with van der Waals surface area (Å²) in [6, 6.07) is 4.36. The van der Waals surface area contributed by atoms with Crippen molar-refractivity contribution in [3.8, 4) is 0 Å². The van der Waals surface area contributed by atoms with E-state index < -0.39 is 0 Å². The molecule has 1 aromatic rings. The fraction of sp³-hybridized carbons (Fsp3) is 0.692. The number of ether oxygens (including phenoxy) is 1. The first-order valence-electron chi connectivity index (χ1n) is 6.15. The van der Waals surface area contributed by atoms with Gasteiger partial charge in [0.05, 0.1) is 18.8 Å². The molecule has 0 bridgehead atoms. The molecule has 0 aliphatic heterocycles. The van der Waals surface area contributed by atoms with Crippen LogP contribution in [0.25, 0.3) is 0 Å². The van der Waals surface area contributed by atoms with Gasteiger partial charge >= 0.3 is 0 Å². The molecule has 2 nitrogen and oxygen atoms in total. The average molecular weight is 240 g/mol. The van der Waals surface area contributed by atoms with Crippen molar-refractivity contribution < 1.29 is 9.84 Å². The van der Waals surface area contributed by atoms with Crippen LogP contribution >= 0.6 is 11.3 Å². The molecule has 90 valence electrons. The monoisotopic (exact) mass is 240 g/mol. The van der Waals surface area contributed by atoms with E-state index >= 15 is 0 Å². The molecule has 1 saturated carbocycles. The number of hydrogen-bond acceptors (Lipinski definition) is 3. The molecule has 1 fully saturated rings. The Morgan fingerprint density at radius 1 is 1.25 bits per heavy atom. The van der Waals surface area contributed by atoms with Crippen molar-refractivity contribution in [2.45, 2.75) is 57.8 Å². The normalized spacial score (nSPS) is 25.9. The second-order valence-corrected chi connectivity index (χ2v) is 5.72. The van der Waals surface area contributed by atoms with Gasteiger partial charge in [0.25, 0.3) is 0 Å². The minimum atomic E-state index is -0.0896. The minimum Gasteiger partial charge on any atom is -0.393 e. The number of aliphatic hydroxyl groups is 1. The van der Waals surface area contributed by atoms with Crippen LogP contribution in [0.3, 0.4) is 0 Å². The Hall–Kier alpha value is -0.380. The molecule has 1 aromatic heterocycles. The lowest BCUT2D eigenvalue weighted by Gasteiger charge is -2.25. The van der Waals surface area contributed by atoms with E-state index in [1.54, 1.807) is 0 Å². The molecule has 0 spiro atoms. The van der Waals surface area contributed by atoms with Crippen molar-refractivity contribution in [3.63, 3.8) is 0 Å². The maximum absolute atomic E-state index is 9.39. The standard InChI is InChI=1S/C13H20O2S/c1-2-12-7-8-13(16-12)9-15-11-5-3-10(14)4-6-11/h7-8,10-11,14H,2-6,9H2,1H3. The van der Waals surface area contributed by atoms with Crippen LogP contribution in [-0.4, -0.2) is 17.3 Å². The summed E-state index contributed by atoms with van der Waals surface area (Å²) in [4.78, 5) is 2.75. The van der Waals surface area contributed by atoms with Gasteiger partial charge < -0.3 is 9.84 Å². The third-order valence-corrected chi connectivity index (χ3v) is 4.37. The van der Waals surface area contributed by atoms with E-state index in [1.807, 2.05) is 11.3 Å². The molecule has 1 aliphatic carbocycles. The zero-order valence-corrected chi connectivity index (χ0v) is 10.6. The first-order valence-corrected chi connectivity index (χ1v) is 6.97. The highest BCUT2D eigenvalue weighted by molar-refractivity contribution is 7.11. The Labute approximate surface area is 101 Å². The highest BCUT2D eigenvalue weighted by atomic mass is 32.1. The molecule has 0 atom stereocenters. The Morgan fingerprint density at radius 3 is 2.56 bits per heavy atom. The summed E-state index contributed by atoms with van der Waals surface area (Å²) in [5.41, 5.74) is 0. The molecule has 1 heterocycles. The zero-order chi connectivity index (χ0) is 11.4. The molecule has 0 amide bonds. The third kappa shape index (κ3) is 3.30. The minimum absolute atomic E-state index is 0.0896. The van der Waals surface area contributed by atoms with Crippen LogP contribution in [-0.2, 0) is 17.8 Å². The zero-order valence-electron chi connectivity index (χ0n) is 9.82. The molecule has 0 unspecified atom stereocenters. The van der Waals surface area contributed by atoms with E-state index in [2.05, 4.69) is 19.1 Å². The van der Waals surface area contributed by atoms with Gasteiger partial charge in [-0.05, 0) is 44.2 Å². The van der Waals surface area contributed by atoms with Gasteiger partial charge in [0.2, 0.25) is 0 Å². The quantitative estimate of drug-likeness (QED) is 0.876. The predicted octanol–water partition coefficient (Wildman–Crippen LogP) is 3.13. The SMILES string of the molecule is CCc1ccc(COC2CCC(O)CC2)s1. The maximum Gasteiger partial charge on any atom is 0.0813 e. The van der Waals surface area contributed by atoms with Crippen LogP contribution in [0.2, 0.25) is 0 Å². The maximum atomic E-state index is 9.39. The van der Waals surface area contributed by atoms with Crippen molar-refractivity contribution in [2.75, 3.05) is 0 Å². The van der Waals surface area contributed by atoms with Crippen molar-refractivity contribution in [3.05, 3.63) is 21.9 Å². The molecular weight excluding hydrogens is 220 g/mol. The third-order valence-electron chi connectivity index (χ3n) is 3.17. The summed E-state index contributed by atoms with van der Waals surface area (Å²) in [6.45, 7) is 2.92. The van der Waals surface area contributed by atoms with Crippen LogP contribution in [0.4, 0.5) is 0 Å².